The number of amides is 1. The first-order valence-electron chi connectivity index (χ1n) is 8.60. The van der Waals surface area contributed by atoms with Gasteiger partial charge in [-0.25, -0.2) is 9.63 Å². The Bertz CT molecular complexity index is 822. The summed E-state index contributed by atoms with van der Waals surface area (Å²) in [5.41, 5.74) is 1.34. The summed E-state index contributed by atoms with van der Waals surface area (Å²) in [7, 11) is -3.64. The van der Waals surface area contributed by atoms with E-state index in [1.54, 1.807) is 29.2 Å². The third-order valence-corrected chi connectivity index (χ3v) is 5.74. The summed E-state index contributed by atoms with van der Waals surface area (Å²) in [6, 6.07) is 6.62. The van der Waals surface area contributed by atoms with E-state index in [0.717, 1.165) is 11.3 Å². The van der Waals surface area contributed by atoms with Gasteiger partial charge in [-0.1, -0.05) is 17.7 Å². The van der Waals surface area contributed by atoms with Crippen LogP contribution in [0.15, 0.2) is 34.3 Å². The molecule has 0 unspecified atom stereocenters. The zero-order valence-electron chi connectivity index (χ0n) is 15.6. The zero-order chi connectivity index (χ0) is 19.2. The van der Waals surface area contributed by atoms with Crippen LogP contribution in [0.3, 0.4) is 0 Å². The molecule has 1 aromatic rings. The van der Waals surface area contributed by atoms with Crippen molar-refractivity contribution < 1.29 is 17.9 Å². The molecule has 0 aromatic heterocycles. The van der Waals surface area contributed by atoms with Gasteiger partial charge in [0.1, 0.15) is 5.60 Å². The summed E-state index contributed by atoms with van der Waals surface area (Å²) in [6.45, 7) is 8.69. The van der Waals surface area contributed by atoms with Gasteiger partial charge in [-0.05, 0) is 52.7 Å². The average Bonchev–Trinajstić information content (AvgIpc) is 2.42. The highest BCUT2D eigenvalue weighted by molar-refractivity contribution is 7.89. The molecule has 8 heteroatoms. The molecule has 1 saturated carbocycles. The number of nitrogens with zero attached hydrogens (tertiary/aromatic N) is 2. The Labute approximate surface area is 154 Å². The Morgan fingerprint density at radius 3 is 2.31 bits per heavy atom. The van der Waals surface area contributed by atoms with Gasteiger partial charge in [0.25, 0.3) is 10.0 Å². The minimum absolute atomic E-state index is 0.0328. The van der Waals surface area contributed by atoms with E-state index < -0.39 is 15.6 Å². The van der Waals surface area contributed by atoms with Gasteiger partial charge < -0.3 is 9.64 Å². The van der Waals surface area contributed by atoms with Gasteiger partial charge in [-0.3, -0.25) is 0 Å². The number of nitrogens with one attached hydrogen (secondary N) is 1. The highest BCUT2D eigenvalue weighted by Gasteiger charge is 2.53. The number of likely N-dealkylation sites (tertiary alicyclic amines) is 1. The first kappa shape index (κ1) is 18.7. The summed E-state index contributed by atoms with van der Waals surface area (Å²) < 4.78 is 29.8. The van der Waals surface area contributed by atoms with Gasteiger partial charge >= 0.3 is 6.09 Å². The van der Waals surface area contributed by atoms with E-state index in [9.17, 15) is 13.2 Å². The summed E-state index contributed by atoms with van der Waals surface area (Å²) in [4.78, 5) is 16.1. The van der Waals surface area contributed by atoms with Crippen molar-refractivity contribution in [3.05, 3.63) is 29.8 Å². The number of hydrogen-bond acceptors (Lipinski definition) is 5. The summed E-state index contributed by atoms with van der Waals surface area (Å²) in [5.74, 6) is 0. The molecular formula is C18H25N3O4S. The van der Waals surface area contributed by atoms with Crippen molar-refractivity contribution in [1.82, 2.24) is 9.73 Å². The number of hydrogen-bond donors (Lipinski definition) is 1. The Kier molecular flexibility index (Phi) is 4.50. The van der Waals surface area contributed by atoms with Crippen molar-refractivity contribution in [2.45, 2.75) is 51.0 Å². The molecule has 142 valence electrons. The van der Waals surface area contributed by atoms with Crippen LogP contribution >= 0.6 is 0 Å². The minimum atomic E-state index is -3.64. The van der Waals surface area contributed by atoms with Crippen LogP contribution < -0.4 is 4.83 Å². The highest BCUT2D eigenvalue weighted by atomic mass is 32.2. The molecule has 1 amide bonds. The molecule has 1 heterocycles. The second kappa shape index (κ2) is 6.26. The molecule has 7 nitrogen and oxygen atoms in total. The van der Waals surface area contributed by atoms with Crippen LogP contribution in [0.2, 0.25) is 0 Å². The predicted molar refractivity (Wildman–Crippen MR) is 98.4 cm³/mol. The molecule has 2 aliphatic rings. The molecule has 0 radical (unpaired) electrons. The number of ether oxygens (including phenoxy) is 1. The lowest BCUT2D eigenvalue weighted by Gasteiger charge is -2.55. The maximum Gasteiger partial charge on any atom is 0.410 e. The molecule has 1 aliphatic heterocycles. The van der Waals surface area contributed by atoms with E-state index in [-0.39, 0.29) is 16.4 Å². The summed E-state index contributed by atoms with van der Waals surface area (Å²) >= 11 is 0. The topological polar surface area (TPSA) is 88.1 Å². The molecule has 2 fully saturated rings. The molecule has 1 spiro atoms. The Hall–Kier alpha value is -2.09. The molecule has 0 bridgehead atoms. The fraction of sp³-hybridized carbons (Fsp3) is 0.556. The third kappa shape index (κ3) is 4.00. The largest absolute Gasteiger partial charge is 0.444 e. The summed E-state index contributed by atoms with van der Waals surface area (Å²) in [6.07, 6.45) is 1.10. The first-order valence-corrected chi connectivity index (χ1v) is 10.1. The van der Waals surface area contributed by atoms with Crippen molar-refractivity contribution in [3.8, 4) is 0 Å². The second-order valence-electron chi connectivity index (χ2n) is 8.28. The molecule has 1 saturated heterocycles. The van der Waals surface area contributed by atoms with Gasteiger partial charge in [0.2, 0.25) is 0 Å². The lowest BCUT2D eigenvalue weighted by molar-refractivity contribution is -0.0387. The first-order chi connectivity index (χ1) is 12.0. The fourth-order valence-electron chi connectivity index (χ4n) is 3.23. The van der Waals surface area contributed by atoms with E-state index in [4.69, 9.17) is 4.74 Å². The predicted octanol–water partition coefficient (Wildman–Crippen LogP) is 2.66. The normalized spacial score (nSPS) is 18.8. The third-order valence-electron chi connectivity index (χ3n) is 4.52. The van der Waals surface area contributed by atoms with E-state index in [1.807, 2.05) is 27.7 Å². The number of hydrazone groups is 1. The van der Waals surface area contributed by atoms with Gasteiger partial charge in [0, 0.05) is 24.2 Å². The standard InChI is InChI=1S/C18H25N3O4S/c1-13-5-7-15(8-6-13)26(23,24)20-19-14-9-18(10-14)11-21(12-18)16(22)25-17(2,3)4/h5-8,20H,9-12H2,1-4H3. The van der Waals surface area contributed by atoms with E-state index in [2.05, 4.69) is 9.93 Å². The van der Waals surface area contributed by atoms with E-state index >= 15 is 0 Å². The highest BCUT2D eigenvalue weighted by Crippen LogP contribution is 2.46. The molecular weight excluding hydrogens is 354 g/mol. The van der Waals surface area contributed by atoms with Crippen molar-refractivity contribution in [3.63, 3.8) is 0 Å². The Morgan fingerprint density at radius 1 is 1.19 bits per heavy atom. The smallest absolute Gasteiger partial charge is 0.410 e. The fourth-order valence-corrected chi connectivity index (χ4v) is 4.08. The number of rotatable bonds is 3. The Balaban J connectivity index is 1.50. The Morgan fingerprint density at radius 2 is 1.77 bits per heavy atom. The van der Waals surface area contributed by atoms with Crippen molar-refractivity contribution >= 4 is 21.8 Å². The van der Waals surface area contributed by atoms with Crippen LogP contribution in [0, 0.1) is 12.3 Å². The molecule has 1 N–H and O–H groups in total. The van der Waals surface area contributed by atoms with E-state index in [1.165, 1.54) is 0 Å². The van der Waals surface area contributed by atoms with Gasteiger partial charge in [0.05, 0.1) is 4.90 Å². The zero-order valence-corrected chi connectivity index (χ0v) is 16.4. The van der Waals surface area contributed by atoms with Gasteiger partial charge in [-0.15, -0.1) is 0 Å². The number of carbonyl (C=O) groups excluding carboxylic acids is 1. The summed E-state index contributed by atoms with van der Waals surface area (Å²) in [5, 5.41) is 4.05. The SMILES string of the molecule is Cc1ccc(S(=O)(=O)NN=C2CC3(C2)CN(C(=O)OC(C)(C)C)C3)cc1. The molecule has 3 rings (SSSR count). The minimum Gasteiger partial charge on any atom is -0.444 e. The van der Waals surface area contributed by atoms with Gasteiger partial charge in [0.15, 0.2) is 0 Å². The van der Waals surface area contributed by atoms with Crippen LogP contribution in [0.5, 0.6) is 0 Å². The number of benzene rings is 1. The molecule has 26 heavy (non-hydrogen) atoms. The number of aryl methyl sites for hydroxylation is 1. The van der Waals surface area contributed by atoms with Crippen molar-refractivity contribution in [2.24, 2.45) is 10.5 Å². The second-order valence-corrected chi connectivity index (χ2v) is 9.94. The number of carbonyl (C=O) groups is 1. The van der Waals surface area contributed by atoms with Crippen LogP contribution in [0.1, 0.15) is 39.2 Å². The monoisotopic (exact) mass is 379 g/mol. The van der Waals surface area contributed by atoms with Crippen LogP contribution in [-0.2, 0) is 14.8 Å². The maximum absolute atomic E-state index is 12.2. The van der Waals surface area contributed by atoms with Gasteiger partial charge in [-0.2, -0.15) is 13.5 Å². The molecule has 0 atom stereocenters. The van der Waals surface area contributed by atoms with Crippen LogP contribution in [0.4, 0.5) is 4.79 Å². The van der Waals surface area contributed by atoms with Crippen molar-refractivity contribution in [1.29, 1.82) is 0 Å². The lowest BCUT2D eigenvalue weighted by Crippen LogP contribution is -2.64. The van der Waals surface area contributed by atoms with Crippen molar-refractivity contribution in [2.75, 3.05) is 13.1 Å². The molecule has 1 aliphatic carbocycles. The number of sulfonamides is 1. The van der Waals surface area contributed by atoms with E-state index in [0.29, 0.717) is 25.9 Å². The quantitative estimate of drug-likeness (QED) is 0.818. The van der Waals surface area contributed by atoms with Crippen LogP contribution in [0.25, 0.3) is 0 Å². The maximum atomic E-state index is 12.2. The van der Waals surface area contributed by atoms with Crippen LogP contribution in [-0.4, -0.2) is 43.8 Å². The average molecular weight is 379 g/mol. The molecule has 1 aromatic carbocycles. The lowest BCUT2D eigenvalue weighted by atomic mass is 9.62.